The normalized spacial score (nSPS) is 18.6. The topological polar surface area (TPSA) is 71.4 Å². The Kier molecular flexibility index (Phi) is 3.22. The summed E-state index contributed by atoms with van der Waals surface area (Å²) in [6.45, 7) is 0. The number of carboxylic acids is 1. The van der Waals surface area contributed by atoms with Crippen LogP contribution in [0.25, 0.3) is 0 Å². The van der Waals surface area contributed by atoms with Crippen molar-refractivity contribution < 1.29 is 19.5 Å². The van der Waals surface area contributed by atoms with Crippen molar-refractivity contribution in [1.29, 1.82) is 0 Å². The molecule has 0 saturated heterocycles. The van der Waals surface area contributed by atoms with Crippen molar-refractivity contribution in [3.63, 3.8) is 0 Å². The number of benzene rings is 1. The van der Waals surface area contributed by atoms with Crippen LogP contribution in [0.5, 0.6) is 0 Å². The van der Waals surface area contributed by atoms with Gasteiger partial charge < -0.3 is 5.11 Å². The first-order chi connectivity index (χ1) is 8.02. The summed E-state index contributed by atoms with van der Waals surface area (Å²) in [4.78, 5) is 34.5. The maximum atomic E-state index is 12.0. The Bertz CT molecular complexity index is 526. The van der Waals surface area contributed by atoms with Gasteiger partial charge in [-0.15, -0.1) is 11.8 Å². The highest BCUT2D eigenvalue weighted by Gasteiger charge is 2.37. The second-order valence-electron chi connectivity index (χ2n) is 3.51. The molecule has 0 fully saturated rings. The third-order valence-corrected chi connectivity index (χ3v) is 4.13. The molecular weight excluding hydrogens is 264 g/mol. The molecule has 1 aromatic rings. The molecule has 1 aliphatic rings. The summed E-state index contributed by atoms with van der Waals surface area (Å²) < 4.78 is 0. The molecule has 17 heavy (non-hydrogen) atoms. The largest absolute Gasteiger partial charge is 0.475 e. The maximum absolute atomic E-state index is 12.0. The molecular formula is C11H7ClO4S. The van der Waals surface area contributed by atoms with Crippen molar-refractivity contribution in [2.24, 2.45) is 5.92 Å². The van der Waals surface area contributed by atoms with E-state index in [9.17, 15) is 14.4 Å². The molecule has 1 N–H and O–H groups in total. The Balaban J connectivity index is 2.40. The zero-order valence-corrected chi connectivity index (χ0v) is 10.0. The summed E-state index contributed by atoms with van der Waals surface area (Å²) in [5.41, 5.74) is 0.327. The van der Waals surface area contributed by atoms with Gasteiger partial charge in [-0.2, -0.15) is 0 Å². The number of fused-ring (bicyclic) bond motifs is 1. The lowest BCUT2D eigenvalue weighted by atomic mass is 9.94. The monoisotopic (exact) mass is 270 g/mol. The van der Waals surface area contributed by atoms with E-state index < -0.39 is 23.5 Å². The summed E-state index contributed by atoms with van der Waals surface area (Å²) in [6.07, 6.45) is 0. The van der Waals surface area contributed by atoms with Crippen LogP contribution in [0.1, 0.15) is 10.4 Å². The summed E-state index contributed by atoms with van der Waals surface area (Å²) in [5, 5.41) is 9.06. The van der Waals surface area contributed by atoms with Crippen LogP contribution in [0, 0.1) is 5.92 Å². The second kappa shape index (κ2) is 4.50. The second-order valence-corrected chi connectivity index (χ2v) is 4.95. The van der Waals surface area contributed by atoms with Crippen molar-refractivity contribution in [1.82, 2.24) is 0 Å². The minimum absolute atomic E-state index is 0.126. The lowest BCUT2D eigenvalue weighted by Crippen LogP contribution is -2.34. The number of carboxylic acid groups (broad SMARTS) is 1. The SMILES string of the molecule is O=C(O)C(=O)C1CSc2c(Cl)cccc2C1=O. The molecule has 1 atom stereocenters. The smallest absolute Gasteiger partial charge is 0.372 e. The first kappa shape index (κ1) is 12.1. The molecule has 4 nitrogen and oxygen atoms in total. The number of halogens is 1. The van der Waals surface area contributed by atoms with Crippen LogP contribution in [0.4, 0.5) is 0 Å². The van der Waals surface area contributed by atoms with Gasteiger partial charge in [0.15, 0.2) is 5.78 Å². The molecule has 0 saturated carbocycles. The van der Waals surface area contributed by atoms with Crippen molar-refractivity contribution in [2.45, 2.75) is 4.90 Å². The Labute approximate surface area is 106 Å². The van der Waals surface area contributed by atoms with Crippen molar-refractivity contribution >= 4 is 40.9 Å². The lowest BCUT2D eigenvalue weighted by molar-refractivity contribution is -0.150. The van der Waals surface area contributed by atoms with Crippen LogP contribution in [0.3, 0.4) is 0 Å². The van der Waals surface area contributed by atoms with Crippen LogP contribution < -0.4 is 0 Å². The van der Waals surface area contributed by atoms with Crippen molar-refractivity contribution in [2.75, 3.05) is 5.75 Å². The van der Waals surface area contributed by atoms with Crippen molar-refractivity contribution in [3.05, 3.63) is 28.8 Å². The molecule has 6 heteroatoms. The predicted octanol–water partition coefficient (Wildman–Crippen LogP) is 1.90. The van der Waals surface area contributed by atoms with E-state index in [0.717, 1.165) is 0 Å². The van der Waals surface area contributed by atoms with Gasteiger partial charge in [0, 0.05) is 16.2 Å². The van der Waals surface area contributed by atoms with E-state index >= 15 is 0 Å². The highest BCUT2D eigenvalue weighted by atomic mass is 35.5. The first-order valence-electron chi connectivity index (χ1n) is 4.75. The van der Waals surface area contributed by atoms with Gasteiger partial charge in [0.05, 0.1) is 5.02 Å². The first-order valence-corrected chi connectivity index (χ1v) is 6.11. The molecule has 1 heterocycles. The van der Waals surface area contributed by atoms with Gasteiger partial charge in [0.2, 0.25) is 0 Å². The molecule has 0 aromatic heterocycles. The zero-order valence-electron chi connectivity index (χ0n) is 8.47. The number of hydrogen-bond donors (Lipinski definition) is 1. The fourth-order valence-corrected chi connectivity index (χ4v) is 3.13. The van der Waals surface area contributed by atoms with Gasteiger partial charge in [0.1, 0.15) is 5.92 Å². The molecule has 0 radical (unpaired) electrons. The third kappa shape index (κ3) is 2.08. The van der Waals surface area contributed by atoms with Gasteiger partial charge >= 0.3 is 5.97 Å². The molecule has 1 unspecified atom stereocenters. The maximum Gasteiger partial charge on any atom is 0.372 e. The molecule has 2 rings (SSSR count). The van der Waals surface area contributed by atoms with E-state index in [4.69, 9.17) is 16.7 Å². The lowest BCUT2D eigenvalue weighted by Gasteiger charge is -2.21. The molecule has 0 amide bonds. The molecule has 0 spiro atoms. The minimum atomic E-state index is -1.57. The molecule has 1 aromatic carbocycles. The van der Waals surface area contributed by atoms with E-state index in [1.54, 1.807) is 18.2 Å². The van der Waals surface area contributed by atoms with Crippen LogP contribution in [-0.2, 0) is 9.59 Å². The number of Topliss-reactive ketones (excluding diaryl/α,β-unsaturated/α-hetero) is 2. The van der Waals surface area contributed by atoms with Crippen LogP contribution in [0.15, 0.2) is 23.1 Å². The number of hydrogen-bond acceptors (Lipinski definition) is 4. The number of carbonyl (C=O) groups is 3. The number of ketones is 2. The number of rotatable bonds is 2. The fraction of sp³-hybridized carbons (Fsp3) is 0.182. The van der Waals surface area contributed by atoms with E-state index in [2.05, 4.69) is 0 Å². The third-order valence-electron chi connectivity index (χ3n) is 2.47. The van der Waals surface area contributed by atoms with E-state index in [-0.39, 0.29) is 5.75 Å². The van der Waals surface area contributed by atoms with Gasteiger partial charge in [-0.05, 0) is 6.07 Å². The van der Waals surface area contributed by atoms with Gasteiger partial charge in [-0.25, -0.2) is 4.79 Å². The Morgan fingerprint density at radius 3 is 2.76 bits per heavy atom. The number of carbonyl (C=O) groups excluding carboxylic acids is 2. The summed E-state index contributed by atoms with van der Waals surface area (Å²) in [5.74, 6) is -4.08. The molecule has 88 valence electrons. The number of thioether (sulfide) groups is 1. The zero-order chi connectivity index (χ0) is 12.6. The quantitative estimate of drug-likeness (QED) is 0.656. The van der Waals surface area contributed by atoms with Crippen LogP contribution in [0.2, 0.25) is 5.02 Å². The van der Waals surface area contributed by atoms with Gasteiger partial charge in [-0.1, -0.05) is 23.7 Å². The highest BCUT2D eigenvalue weighted by Crippen LogP contribution is 2.37. The molecule has 0 bridgehead atoms. The summed E-state index contributed by atoms with van der Waals surface area (Å²) >= 11 is 7.16. The van der Waals surface area contributed by atoms with E-state index in [1.807, 2.05) is 0 Å². The predicted molar refractivity (Wildman–Crippen MR) is 62.6 cm³/mol. The van der Waals surface area contributed by atoms with Crippen molar-refractivity contribution in [3.8, 4) is 0 Å². The molecule has 1 aliphatic heterocycles. The Morgan fingerprint density at radius 2 is 2.12 bits per heavy atom. The van der Waals surface area contributed by atoms with Gasteiger partial charge in [0.25, 0.3) is 5.78 Å². The van der Waals surface area contributed by atoms with E-state index in [0.29, 0.717) is 15.5 Å². The number of aliphatic carboxylic acids is 1. The van der Waals surface area contributed by atoms with Crippen LogP contribution in [-0.4, -0.2) is 28.4 Å². The summed E-state index contributed by atoms with van der Waals surface area (Å²) in [6, 6.07) is 4.81. The summed E-state index contributed by atoms with van der Waals surface area (Å²) in [7, 11) is 0. The van der Waals surface area contributed by atoms with Gasteiger partial charge in [-0.3, -0.25) is 9.59 Å². The Morgan fingerprint density at radius 1 is 1.41 bits per heavy atom. The highest BCUT2D eigenvalue weighted by molar-refractivity contribution is 7.99. The average Bonchev–Trinajstić information content (AvgIpc) is 2.30. The van der Waals surface area contributed by atoms with E-state index in [1.165, 1.54) is 11.8 Å². The standard InChI is InChI=1S/C11H7ClO4S/c12-7-3-1-2-5-8(13)6(4-17-10(5)7)9(14)11(15)16/h1-3,6H,4H2,(H,15,16). The average molecular weight is 271 g/mol. The van der Waals surface area contributed by atoms with Crippen LogP contribution >= 0.6 is 23.4 Å². The minimum Gasteiger partial charge on any atom is -0.475 e. The molecule has 0 aliphatic carbocycles. The Hall–Kier alpha value is -1.33. The fourth-order valence-electron chi connectivity index (χ4n) is 1.62.